The Kier molecular flexibility index (Phi) is 8.07. The van der Waals surface area contributed by atoms with Crippen LogP contribution >= 0.6 is 12.4 Å². The molecule has 0 radical (unpaired) electrons. The molecule has 0 saturated heterocycles. The van der Waals surface area contributed by atoms with Crippen molar-refractivity contribution in [1.29, 1.82) is 0 Å². The molecule has 0 atom stereocenters. The van der Waals surface area contributed by atoms with Gasteiger partial charge in [-0.2, -0.15) is 22.6 Å². The molecule has 0 unspecified atom stereocenters. The zero-order chi connectivity index (χ0) is 18.5. The zero-order valence-corrected chi connectivity index (χ0v) is 15.4. The van der Waals surface area contributed by atoms with Crippen LogP contribution in [0.4, 0.5) is 13.2 Å². The molecule has 0 aliphatic heterocycles. The molecule has 0 bridgehead atoms. The molecule has 0 aliphatic carbocycles. The van der Waals surface area contributed by atoms with Crippen molar-refractivity contribution in [3.05, 3.63) is 48.3 Å². The molecule has 0 fully saturated rings. The third kappa shape index (κ3) is 6.27. The minimum Gasteiger partial charge on any atom is -0.330 e. The fraction of sp³-hybridized carbons (Fsp3) is 0.400. The summed E-state index contributed by atoms with van der Waals surface area (Å²) in [6, 6.07) is 8.92. The van der Waals surface area contributed by atoms with Crippen LogP contribution in [0.1, 0.15) is 12.0 Å². The lowest BCUT2D eigenvalue weighted by atomic mass is 10.2. The molecule has 0 spiro atoms. The average molecular weight is 413 g/mol. The summed E-state index contributed by atoms with van der Waals surface area (Å²) in [5, 5.41) is 3.50. The molecular formula is C15H20ClF3N4O2S. The van der Waals surface area contributed by atoms with Gasteiger partial charge in [-0.15, -0.1) is 12.4 Å². The van der Waals surface area contributed by atoms with E-state index in [-0.39, 0.29) is 30.4 Å². The van der Waals surface area contributed by atoms with Gasteiger partial charge in [-0.05, 0) is 18.5 Å². The Morgan fingerprint density at radius 3 is 2.42 bits per heavy atom. The summed E-state index contributed by atoms with van der Waals surface area (Å²) in [5.74, 6) is 0. The number of hydrogen-bond acceptors (Lipinski definition) is 4. The van der Waals surface area contributed by atoms with E-state index in [4.69, 9.17) is 5.73 Å². The zero-order valence-electron chi connectivity index (χ0n) is 13.8. The second-order valence-corrected chi connectivity index (χ2v) is 7.39. The van der Waals surface area contributed by atoms with Crippen LogP contribution < -0.4 is 5.73 Å². The lowest BCUT2D eigenvalue weighted by molar-refractivity contribution is -0.142. The van der Waals surface area contributed by atoms with Gasteiger partial charge >= 0.3 is 6.18 Å². The van der Waals surface area contributed by atoms with E-state index in [1.54, 1.807) is 24.3 Å². The number of benzene rings is 1. The Labute approximate surface area is 156 Å². The van der Waals surface area contributed by atoms with Crippen molar-refractivity contribution in [2.24, 2.45) is 5.73 Å². The molecule has 11 heteroatoms. The van der Waals surface area contributed by atoms with Gasteiger partial charge in [0.05, 0.1) is 6.20 Å². The highest BCUT2D eigenvalue weighted by Crippen LogP contribution is 2.21. The lowest BCUT2D eigenvalue weighted by Crippen LogP contribution is -2.32. The molecule has 1 aromatic heterocycles. The van der Waals surface area contributed by atoms with Gasteiger partial charge in [-0.3, -0.25) is 4.68 Å². The van der Waals surface area contributed by atoms with Crippen molar-refractivity contribution in [3.63, 3.8) is 0 Å². The first kappa shape index (κ1) is 22.4. The largest absolute Gasteiger partial charge is 0.408 e. The van der Waals surface area contributed by atoms with Crippen LogP contribution in [-0.4, -0.2) is 41.8 Å². The van der Waals surface area contributed by atoms with Gasteiger partial charge in [0.2, 0.25) is 10.0 Å². The summed E-state index contributed by atoms with van der Waals surface area (Å²) in [6.45, 7) is -0.774. The third-order valence-electron chi connectivity index (χ3n) is 3.40. The monoisotopic (exact) mass is 412 g/mol. The summed E-state index contributed by atoms with van der Waals surface area (Å²) in [4.78, 5) is -0.273. The van der Waals surface area contributed by atoms with Crippen LogP contribution in [0.5, 0.6) is 0 Å². The topological polar surface area (TPSA) is 81.2 Å². The Morgan fingerprint density at radius 1 is 1.19 bits per heavy atom. The fourth-order valence-electron chi connectivity index (χ4n) is 2.24. The Hall–Kier alpha value is -1.62. The molecule has 2 N–H and O–H groups in total. The van der Waals surface area contributed by atoms with Crippen molar-refractivity contribution < 1.29 is 21.6 Å². The van der Waals surface area contributed by atoms with Gasteiger partial charge in [-0.1, -0.05) is 30.3 Å². The first-order chi connectivity index (χ1) is 11.7. The van der Waals surface area contributed by atoms with E-state index < -0.39 is 22.7 Å². The fourth-order valence-corrected chi connectivity index (χ4v) is 3.66. The Balaban J connectivity index is 0.00000338. The number of hydrogen-bond donors (Lipinski definition) is 1. The van der Waals surface area contributed by atoms with Crippen LogP contribution in [0.3, 0.4) is 0 Å². The van der Waals surface area contributed by atoms with Gasteiger partial charge in [0.15, 0.2) is 0 Å². The van der Waals surface area contributed by atoms with E-state index in [1.807, 2.05) is 6.07 Å². The summed E-state index contributed by atoms with van der Waals surface area (Å²) in [6.07, 6.45) is -2.22. The lowest BCUT2D eigenvalue weighted by Gasteiger charge is -2.21. The van der Waals surface area contributed by atoms with Gasteiger partial charge in [0, 0.05) is 19.3 Å². The Bertz CT molecular complexity index is 782. The number of alkyl halides is 3. The van der Waals surface area contributed by atoms with E-state index in [2.05, 4.69) is 5.10 Å². The van der Waals surface area contributed by atoms with Crippen LogP contribution in [0, 0.1) is 0 Å². The molecule has 146 valence electrons. The van der Waals surface area contributed by atoms with Crippen molar-refractivity contribution in [1.82, 2.24) is 14.1 Å². The van der Waals surface area contributed by atoms with Crippen molar-refractivity contribution in [2.75, 3.05) is 13.1 Å². The molecule has 1 aromatic carbocycles. The normalized spacial score (nSPS) is 12.2. The Morgan fingerprint density at radius 2 is 1.85 bits per heavy atom. The first-order valence-corrected chi connectivity index (χ1v) is 9.00. The van der Waals surface area contributed by atoms with Crippen LogP contribution in [-0.2, 0) is 23.1 Å². The van der Waals surface area contributed by atoms with Gasteiger partial charge in [0.1, 0.15) is 11.4 Å². The van der Waals surface area contributed by atoms with Gasteiger partial charge < -0.3 is 5.73 Å². The number of rotatable bonds is 8. The molecule has 1 heterocycles. The van der Waals surface area contributed by atoms with E-state index in [0.29, 0.717) is 17.6 Å². The minimum atomic E-state index is -4.48. The van der Waals surface area contributed by atoms with Crippen LogP contribution in [0.2, 0.25) is 0 Å². The quantitative estimate of drug-likeness (QED) is 0.722. The van der Waals surface area contributed by atoms with Gasteiger partial charge in [0.25, 0.3) is 0 Å². The SMILES string of the molecule is Cl.NCCCN(Cc1ccccc1)S(=O)(=O)c1cnn(CC(F)(F)F)c1. The number of halogens is 4. The predicted octanol–water partition coefficient (Wildman–Crippen LogP) is 2.41. The molecular weight excluding hydrogens is 393 g/mol. The molecule has 6 nitrogen and oxygen atoms in total. The smallest absolute Gasteiger partial charge is 0.330 e. The maximum atomic E-state index is 12.8. The van der Waals surface area contributed by atoms with Crippen LogP contribution in [0.25, 0.3) is 0 Å². The maximum Gasteiger partial charge on any atom is 0.408 e. The predicted molar refractivity (Wildman–Crippen MR) is 93.2 cm³/mol. The molecule has 0 saturated carbocycles. The summed E-state index contributed by atoms with van der Waals surface area (Å²) in [7, 11) is -3.98. The highest BCUT2D eigenvalue weighted by atomic mass is 35.5. The highest BCUT2D eigenvalue weighted by molar-refractivity contribution is 7.89. The van der Waals surface area contributed by atoms with Crippen LogP contribution in [0.15, 0.2) is 47.6 Å². The van der Waals surface area contributed by atoms with Crippen molar-refractivity contribution in [2.45, 2.75) is 30.6 Å². The standard InChI is InChI=1S/C15H19F3N4O2S.ClH/c16-15(17,18)12-21-11-14(9-20-21)25(23,24)22(8-4-7-19)10-13-5-2-1-3-6-13;/h1-3,5-6,9,11H,4,7-8,10,12,19H2;1H. The first-order valence-electron chi connectivity index (χ1n) is 7.56. The molecule has 0 aliphatic rings. The third-order valence-corrected chi connectivity index (χ3v) is 5.20. The second kappa shape index (κ2) is 9.36. The minimum absolute atomic E-state index is 0. The molecule has 0 amide bonds. The number of nitrogens with two attached hydrogens (primary N) is 1. The highest BCUT2D eigenvalue weighted by Gasteiger charge is 2.30. The molecule has 26 heavy (non-hydrogen) atoms. The van der Waals surface area contributed by atoms with E-state index in [0.717, 1.165) is 18.0 Å². The average Bonchev–Trinajstić information content (AvgIpc) is 2.99. The number of sulfonamides is 1. The molecule has 2 rings (SSSR count). The summed E-state index contributed by atoms with van der Waals surface area (Å²) >= 11 is 0. The summed E-state index contributed by atoms with van der Waals surface area (Å²) < 4.78 is 64.6. The second-order valence-electron chi connectivity index (χ2n) is 5.46. The maximum absolute atomic E-state index is 12.8. The van der Waals surface area contributed by atoms with E-state index in [9.17, 15) is 21.6 Å². The van der Waals surface area contributed by atoms with E-state index in [1.165, 1.54) is 4.31 Å². The number of aromatic nitrogens is 2. The summed E-state index contributed by atoms with van der Waals surface area (Å²) in [5.41, 5.74) is 6.23. The van der Waals surface area contributed by atoms with Gasteiger partial charge in [-0.25, -0.2) is 8.42 Å². The number of nitrogens with zero attached hydrogens (tertiary/aromatic N) is 3. The van der Waals surface area contributed by atoms with Crippen molar-refractivity contribution >= 4 is 22.4 Å². The van der Waals surface area contributed by atoms with E-state index >= 15 is 0 Å². The molecule has 2 aromatic rings. The van der Waals surface area contributed by atoms with Crippen molar-refractivity contribution in [3.8, 4) is 0 Å².